The van der Waals surface area contributed by atoms with Crippen molar-refractivity contribution in [2.45, 2.75) is 37.8 Å². The molecule has 5 atom stereocenters. The normalized spacial score (nSPS) is 35.4. The second-order valence-corrected chi connectivity index (χ2v) is 5.08. The van der Waals surface area contributed by atoms with Gasteiger partial charge in [-0.05, 0) is 6.92 Å². The zero-order valence-corrected chi connectivity index (χ0v) is 11.5. The van der Waals surface area contributed by atoms with Gasteiger partial charge in [-0.1, -0.05) is 0 Å². The summed E-state index contributed by atoms with van der Waals surface area (Å²) in [5.41, 5.74) is 7.65. The van der Waals surface area contributed by atoms with E-state index in [4.69, 9.17) is 24.7 Å². The molecule has 4 heterocycles. The number of anilines is 1. The maximum absolute atomic E-state index is 5.94. The van der Waals surface area contributed by atoms with Crippen LogP contribution in [0.4, 0.5) is 5.82 Å². The summed E-state index contributed by atoms with van der Waals surface area (Å²) >= 11 is 0. The van der Waals surface area contributed by atoms with Crippen LogP contribution in [0.2, 0.25) is 0 Å². The van der Waals surface area contributed by atoms with Gasteiger partial charge in [-0.15, -0.1) is 0 Å². The Morgan fingerprint density at radius 2 is 2.00 bits per heavy atom. The SMILES string of the molecule is COC1O[C@@H]2[C@H](O1)[C@@H](C)O[C@H]2c1[nH]nc2c(N)ncnc12. The molecule has 1 unspecified atom stereocenters. The Bertz CT molecular complexity index is 677. The molecule has 4 rings (SSSR count). The topological polar surface area (TPSA) is 117 Å². The summed E-state index contributed by atoms with van der Waals surface area (Å²) in [6, 6.07) is 0. The molecule has 0 bridgehead atoms. The molecule has 0 aromatic carbocycles. The maximum Gasteiger partial charge on any atom is 0.272 e. The third-order valence-electron chi connectivity index (χ3n) is 3.85. The molecule has 9 nitrogen and oxygen atoms in total. The van der Waals surface area contributed by atoms with Gasteiger partial charge in [0, 0.05) is 7.11 Å². The van der Waals surface area contributed by atoms with E-state index in [0.29, 0.717) is 22.5 Å². The number of nitrogens with zero attached hydrogens (tertiary/aromatic N) is 3. The molecule has 9 heteroatoms. The number of methoxy groups -OCH3 is 1. The molecule has 0 spiro atoms. The van der Waals surface area contributed by atoms with Crippen molar-refractivity contribution < 1.29 is 18.9 Å². The number of nitrogens with two attached hydrogens (primary N) is 1. The molecule has 0 radical (unpaired) electrons. The predicted octanol–water partition coefficient (Wildman–Crippen LogP) is 0.109. The molecule has 112 valence electrons. The zero-order valence-electron chi connectivity index (χ0n) is 11.5. The second kappa shape index (κ2) is 4.60. The Kier molecular flexibility index (Phi) is 2.82. The average Bonchev–Trinajstić information content (AvgIpc) is 3.14. The number of H-pyrrole nitrogens is 1. The third-order valence-corrected chi connectivity index (χ3v) is 3.85. The van der Waals surface area contributed by atoms with Gasteiger partial charge in [-0.3, -0.25) is 5.10 Å². The molecule has 0 saturated carbocycles. The molecule has 21 heavy (non-hydrogen) atoms. The third kappa shape index (κ3) is 1.82. The summed E-state index contributed by atoms with van der Waals surface area (Å²) in [4.78, 5) is 8.15. The fraction of sp³-hybridized carbons (Fsp3) is 0.583. The Morgan fingerprint density at radius 3 is 2.81 bits per heavy atom. The van der Waals surface area contributed by atoms with Crippen LogP contribution in [0.1, 0.15) is 18.7 Å². The highest BCUT2D eigenvalue weighted by Crippen LogP contribution is 2.42. The molecule has 2 aliphatic heterocycles. The van der Waals surface area contributed by atoms with E-state index >= 15 is 0 Å². The predicted molar refractivity (Wildman–Crippen MR) is 69.9 cm³/mol. The van der Waals surface area contributed by atoms with E-state index in [1.165, 1.54) is 13.4 Å². The standard InChI is InChI=1S/C12H15N5O4/c1-4-8-10(21-12(18-2)20-8)9(19-4)6-5-7(17-16-6)11(13)15-3-14-5/h3-4,8-10,12H,1-2H3,(H,16,17)(H2,13,14,15)/t4-,8-,9+,10-,12?/m1/s1. The van der Waals surface area contributed by atoms with Crippen molar-refractivity contribution in [1.29, 1.82) is 0 Å². The lowest BCUT2D eigenvalue weighted by molar-refractivity contribution is -0.250. The number of hydrogen-bond acceptors (Lipinski definition) is 8. The highest BCUT2D eigenvalue weighted by Gasteiger charge is 2.52. The Morgan fingerprint density at radius 1 is 1.19 bits per heavy atom. The van der Waals surface area contributed by atoms with Crippen LogP contribution in [-0.2, 0) is 18.9 Å². The first kappa shape index (κ1) is 12.9. The summed E-state index contributed by atoms with van der Waals surface area (Å²) in [5.74, 6) is 0.323. The minimum absolute atomic E-state index is 0.127. The summed E-state index contributed by atoms with van der Waals surface area (Å²) in [6.07, 6.45) is 0.417. The first-order valence-electron chi connectivity index (χ1n) is 6.62. The monoisotopic (exact) mass is 293 g/mol. The molecule has 2 fully saturated rings. The van der Waals surface area contributed by atoms with Crippen LogP contribution in [0.15, 0.2) is 6.33 Å². The van der Waals surface area contributed by atoms with Crippen LogP contribution in [0.25, 0.3) is 11.0 Å². The number of nitrogen functional groups attached to an aromatic ring is 1. The minimum atomic E-state index is -0.678. The summed E-state index contributed by atoms with van der Waals surface area (Å²) < 4.78 is 22.4. The van der Waals surface area contributed by atoms with E-state index in [1.807, 2.05) is 6.92 Å². The lowest BCUT2D eigenvalue weighted by Crippen LogP contribution is -2.26. The Hall–Kier alpha value is -1.81. The van der Waals surface area contributed by atoms with Crippen molar-refractivity contribution in [3.8, 4) is 0 Å². The van der Waals surface area contributed by atoms with Gasteiger partial charge < -0.3 is 24.7 Å². The van der Waals surface area contributed by atoms with Crippen LogP contribution < -0.4 is 5.73 Å². The number of aromatic nitrogens is 4. The van der Waals surface area contributed by atoms with Crippen molar-refractivity contribution in [2.75, 3.05) is 12.8 Å². The maximum atomic E-state index is 5.94. The quantitative estimate of drug-likeness (QED) is 0.801. The Labute approximate surface area is 119 Å². The van der Waals surface area contributed by atoms with Gasteiger partial charge >= 0.3 is 0 Å². The fourth-order valence-corrected chi connectivity index (χ4v) is 2.86. The summed E-state index contributed by atoms with van der Waals surface area (Å²) in [5, 5.41) is 7.09. The summed E-state index contributed by atoms with van der Waals surface area (Å²) in [7, 11) is 1.53. The van der Waals surface area contributed by atoms with Crippen LogP contribution in [0, 0.1) is 0 Å². The van der Waals surface area contributed by atoms with Crippen LogP contribution in [0.3, 0.4) is 0 Å². The van der Waals surface area contributed by atoms with E-state index in [9.17, 15) is 0 Å². The molecule has 2 saturated heterocycles. The minimum Gasteiger partial charge on any atom is -0.382 e. The molecule has 0 aliphatic carbocycles. The van der Waals surface area contributed by atoms with Crippen LogP contribution in [-0.4, -0.2) is 52.1 Å². The first-order chi connectivity index (χ1) is 10.2. The van der Waals surface area contributed by atoms with Gasteiger partial charge in [-0.25, -0.2) is 9.97 Å². The van der Waals surface area contributed by atoms with Crippen molar-refractivity contribution in [2.24, 2.45) is 0 Å². The smallest absolute Gasteiger partial charge is 0.272 e. The molecular formula is C12H15N5O4. The Balaban J connectivity index is 1.74. The fourth-order valence-electron chi connectivity index (χ4n) is 2.86. The van der Waals surface area contributed by atoms with Gasteiger partial charge in [0.25, 0.3) is 6.48 Å². The summed E-state index contributed by atoms with van der Waals surface area (Å²) in [6.45, 7) is 1.25. The van der Waals surface area contributed by atoms with Gasteiger partial charge in [-0.2, -0.15) is 5.10 Å². The zero-order chi connectivity index (χ0) is 14.6. The lowest BCUT2D eigenvalue weighted by Gasteiger charge is -2.16. The van der Waals surface area contributed by atoms with Crippen molar-refractivity contribution in [3.63, 3.8) is 0 Å². The highest BCUT2D eigenvalue weighted by molar-refractivity contribution is 5.85. The van der Waals surface area contributed by atoms with Crippen molar-refractivity contribution in [1.82, 2.24) is 20.2 Å². The van der Waals surface area contributed by atoms with Crippen LogP contribution in [0.5, 0.6) is 0 Å². The van der Waals surface area contributed by atoms with Gasteiger partial charge in [0.15, 0.2) is 11.3 Å². The van der Waals surface area contributed by atoms with Crippen LogP contribution >= 0.6 is 0 Å². The van der Waals surface area contributed by atoms with E-state index in [1.54, 1.807) is 0 Å². The first-order valence-corrected chi connectivity index (χ1v) is 6.62. The molecule has 2 aromatic heterocycles. The highest BCUT2D eigenvalue weighted by atomic mass is 16.9. The number of rotatable bonds is 2. The van der Waals surface area contributed by atoms with Gasteiger partial charge in [0.2, 0.25) is 0 Å². The van der Waals surface area contributed by atoms with E-state index in [2.05, 4.69) is 20.2 Å². The number of fused-ring (bicyclic) bond motifs is 2. The molecule has 0 amide bonds. The number of hydrogen-bond donors (Lipinski definition) is 2. The van der Waals surface area contributed by atoms with E-state index in [0.717, 1.165) is 0 Å². The lowest BCUT2D eigenvalue weighted by atomic mass is 10.1. The molecule has 3 N–H and O–H groups in total. The van der Waals surface area contributed by atoms with Crippen molar-refractivity contribution >= 4 is 16.9 Å². The molecular weight excluding hydrogens is 278 g/mol. The van der Waals surface area contributed by atoms with Gasteiger partial charge in [0.05, 0.1) is 11.8 Å². The number of aromatic amines is 1. The van der Waals surface area contributed by atoms with E-state index < -0.39 is 6.48 Å². The van der Waals surface area contributed by atoms with E-state index in [-0.39, 0.29) is 24.4 Å². The molecule has 2 aliphatic rings. The largest absolute Gasteiger partial charge is 0.382 e. The molecule has 2 aromatic rings. The number of nitrogens with one attached hydrogen (secondary N) is 1. The second-order valence-electron chi connectivity index (χ2n) is 5.08. The number of ether oxygens (including phenoxy) is 4. The van der Waals surface area contributed by atoms with Gasteiger partial charge in [0.1, 0.15) is 30.2 Å². The van der Waals surface area contributed by atoms with Crippen molar-refractivity contribution in [3.05, 3.63) is 12.0 Å². The average molecular weight is 293 g/mol.